The van der Waals surface area contributed by atoms with Gasteiger partial charge in [0.2, 0.25) is 0 Å². The highest BCUT2D eigenvalue weighted by Crippen LogP contribution is 2.43. The lowest BCUT2D eigenvalue weighted by Gasteiger charge is -2.39. The topological polar surface area (TPSA) is 50.9 Å². The van der Waals surface area contributed by atoms with Gasteiger partial charge in [0.15, 0.2) is 0 Å². The average Bonchev–Trinajstić information content (AvgIpc) is 3.36. The van der Waals surface area contributed by atoms with Crippen LogP contribution in [0.2, 0.25) is 0 Å². The van der Waals surface area contributed by atoms with Crippen LogP contribution in [0, 0.1) is 6.92 Å². The first kappa shape index (κ1) is 22.9. The van der Waals surface area contributed by atoms with Gasteiger partial charge in [0.05, 0.1) is 23.2 Å². The minimum Gasteiger partial charge on any atom is -0.382 e. The highest BCUT2D eigenvalue weighted by atomic mass is 16.3. The highest BCUT2D eigenvalue weighted by molar-refractivity contribution is 5.79. The second kappa shape index (κ2) is 9.49. The van der Waals surface area contributed by atoms with Crippen LogP contribution in [0.15, 0.2) is 134 Å². The molecule has 0 aliphatic rings. The molecule has 4 heteroatoms. The summed E-state index contributed by atoms with van der Waals surface area (Å²) in [4.78, 5) is 9.26. The maximum atomic E-state index is 11.9. The lowest BCUT2D eigenvalue weighted by Crippen LogP contribution is -2.39. The molecule has 37 heavy (non-hydrogen) atoms. The van der Waals surface area contributed by atoms with Gasteiger partial charge in [-0.05, 0) is 41.3 Å². The Morgan fingerprint density at radius 2 is 1.24 bits per heavy atom. The lowest BCUT2D eigenvalue weighted by molar-refractivity contribution is 0.205. The van der Waals surface area contributed by atoms with E-state index in [9.17, 15) is 5.11 Å². The van der Waals surface area contributed by atoms with Crippen molar-refractivity contribution >= 4 is 10.9 Å². The molecule has 0 saturated carbocycles. The number of pyridine rings is 1. The van der Waals surface area contributed by atoms with Gasteiger partial charge < -0.3 is 9.67 Å². The monoisotopic (exact) mass is 481 g/mol. The number of fused-ring (bicyclic) bond motifs is 1. The molecule has 2 aromatic heterocycles. The number of benzene rings is 4. The van der Waals surface area contributed by atoms with Gasteiger partial charge in [-0.2, -0.15) is 0 Å². The standard InChI is InChI=1S/C33H27N3O/c1-24-31(32(37)26-20-19-25-12-11-21-34-30(25)22-26)36(23-35-24)33(27-13-5-2-6-14-27,28-15-7-3-8-16-28)29-17-9-4-10-18-29/h2-23,32,37H,1H3. The fourth-order valence-corrected chi connectivity index (χ4v) is 5.41. The first-order valence-corrected chi connectivity index (χ1v) is 12.4. The van der Waals surface area contributed by atoms with E-state index in [1.54, 1.807) is 6.20 Å². The van der Waals surface area contributed by atoms with Crippen molar-refractivity contribution in [3.63, 3.8) is 0 Å². The van der Waals surface area contributed by atoms with E-state index in [-0.39, 0.29) is 0 Å². The van der Waals surface area contributed by atoms with E-state index in [4.69, 9.17) is 4.98 Å². The molecule has 4 aromatic carbocycles. The van der Waals surface area contributed by atoms with Crippen molar-refractivity contribution in [2.24, 2.45) is 0 Å². The van der Waals surface area contributed by atoms with Crippen LogP contribution >= 0.6 is 0 Å². The van der Waals surface area contributed by atoms with Crippen molar-refractivity contribution < 1.29 is 5.11 Å². The summed E-state index contributed by atoms with van der Waals surface area (Å²) in [6.07, 6.45) is 2.74. The van der Waals surface area contributed by atoms with E-state index in [1.165, 1.54) is 0 Å². The number of rotatable bonds is 6. The minimum atomic E-state index is -0.899. The zero-order valence-corrected chi connectivity index (χ0v) is 20.6. The van der Waals surface area contributed by atoms with Gasteiger partial charge in [-0.25, -0.2) is 4.98 Å². The highest BCUT2D eigenvalue weighted by Gasteiger charge is 2.41. The molecule has 0 aliphatic heterocycles. The van der Waals surface area contributed by atoms with Crippen LogP contribution in [0.3, 0.4) is 0 Å². The molecule has 4 nitrogen and oxygen atoms in total. The van der Waals surface area contributed by atoms with E-state index in [0.717, 1.165) is 44.5 Å². The van der Waals surface area contributed by atoms with Crippen molar-refractivity contribution in [2.75, 3.05) is 0 Å². The number of hydrogen-bond donors (Lipinski definition) is 1. The van der Waals surface area contributed by atoms with Gasteiger partial charge in [-0.1, -0.05) is 109 Å². The van der Waals surface area contributed by atoms with Crippen molar-refractivity contribution in [1.82, 2.24) is 14.5 Å². The maximum Gasteiger partial charge on any atom is 0.122 e. The lowest BCUT2D eigenvalue weighted by atomic mass is 9.76. The third-order valence-electron chi connectivity index (χ3n) is 7.14. The van der Waals surface area contributed by atoms with Gasteiger partial charge in [-0.3, -0.25) is 4.98 Å². The van der Waals surface area contributed by atoms with Crippen LogP contribution in [-0.4, -0.2) is 19.6 Å². The number of aliphatic hydroxyl groups is 1. The number of aromatic nitrogens is 3. The molecule has 2 heterocycles. The summed E-state index contributed by atoms with van der Waals surface area (Å²) in [5.74, 6) is 0. The van der Waals surface area contributed by atoms with E-state index in [0.29, 0.717) is 0 Å². The van der Waals surface area contributed by atoms with E-state index < -0.39 is 11.6 Å². The Balaban J connectivity index is 1.65. The van der Waals surface area contributed by atoms with E-state index in [1.807, 2.05) is 61.8 Å². The second-order valence-electron chi connectivity index (χ2n) is 9.25. The largest absolute Gasteiger partial charge is 0.382 e. The molecule has 0 fully saturated rings. The number of aliphatic hydroxyl groups excluding tert-OH is 1. The van der Waals surface area contributed by atoms with Gasteiger partial charge in [0.25, 0.3) is 0 Å². The molecule has 0 bridgehead atoms. The van der Waals surface area contributed by atoms with Crippen LogP contribution in [0.5, 0.6) is 0 Å². The summed E-state index contributed by atoms with van der Waals surface area (Å²) < 4.78 is 2.15. The summed E-state index contributed by atoms with van der Waals surface area (Å²) in [5, 5.41) is 13.0. The van der Waals surface area contributed by atoms with Gasteiger partial charge >= 0.3 is 0 Å². The molecule has 1 unspecified atom stereocenters. The van der Waals surface area contributed by atoms with Crippen LogP contribution < -0.4 is 0 Å². The van der Waals surface area contributed by atoms with Gasteiger partial charge in [0, 0.05) is 11.6 Å². The summed E-state index contributed by atoms with van der Waals surface area (Å²) in [6, 6.07) is 41.2. The summed E-state index contributed by atoms with van der Waals surface area (Å²) >= 11 is 0. The second-order valence-corrected chi connectivity index (χ2v) is 9.25. The van der Waals surface area contributed by atoms with Crippen molar-refractivity contribution in [2.45, 2.75) is 18.6 Å². The van der Waals surface area contributed by atoms with Crippen LogP contribution in [0.25, 0.3) is 10.9 Å². The Bertz CT molecular complexity index is 1550. The van der Waals surface area contributed by atoms with Gasteiger partial charge in [-0.15, -0.1) is 0 Å². The number of hydrogen-bond acceptors (Lipinski definition) is 3. The molecular weight excluding hydrogens is 454 g/mol. The zero-order chi connectivity index (χ0) is 25.2. The number of nitrogens with zero attached hydrogens (tertiary/aromatic N) is 3. The summed E-state index contributed by atoms with van der Waals surface area (Å²) in [7, 11) is 0. The quantitative estimate of drug-likeness (QED) is 0.271. The number of imidazole rings is 1. The third-order valence-corrected chi connectivity index (χ3v) is 7.14. The predicted molar refractivity (Wildman–Crippen MR) is 147 cm³/mol. The van der Waals surface area contributed by atoms with Crippen molar-refractivity contribution in [3.05, 3.63) is 167 Å². The van der Waals surface area contributed by atoms with Crippen LogP contribution in [0.1, 0.15) is 39.7 Å². The normalized spacial score (nSPS) is 12.5. The van der Waals surface area contributed by atoms with Crippen molar-refractivity contribution in [3.8, 4) is 0 Å². The molecule has 0 saturated heterocycles. The molecule has 0 aliphatic carbocycles. The van der Waals surface area contributed by atoms with Crippen LogP contribution in [0.4, 0.5) is 0 Å². The summed E-state index contributed by atoms with van der Waals surface area (Å²) in [6.45, 7) is 1.96. The Kier molecular flexibility index (Phi) is 5.87. The Morgan fingerprint density at radius 3 is 1.81 bits per heavy atom. The smallest absolute Gasteiger partial charge is 0.122 e. The number of aryl methyl sites for hydroxylation is 1. The van der Waals surface area contributed by atoms with Crippen LogP contribution in [-0.2, 0) is 5.54 Å². The van der Waals surface area contributed by atoms with E-state index in [2.05, 4.69) is 82.3 Å². The first-order valence-electron chi connectivity index (χ1n) is 12.4. The fraction of sp³-hybridized carbons (Fsp3) is 0.0909. The molecule has 1 N–H and O–H groups in total. The minimum absolute atomic E-state index is 0.742. The predicted octanol–water partition coefficient (Wildman–Crippen LogP) is 6.66. The first-order chi connectivity index (χ1) is 18.2. The maximum absolute atomic E-state index is 11.9. The Hall–Kier alpha value is -4.54. The molecule has 6 aromatic rings. The van der Waals surface area contributed by atoms with Gasteiger partial charge in [0.1, 0.15) is 11.6 Å². The molecule has 0 amide bonds. The molecule has 6 rings (SSSR count). The molecule has 1 atom stereocenters. The van der Waals surface area contributed by atoms with Crippen molar-refractivity contribution in [1.29, 1.82) is 0 Å². The SMILES string of the molecule is Cc1ncn(C(c2ccccc2)(c2ccccc2)c2ccccc2)c1C(O)c1ccc2cccnc2c1. The fourth-order valence-electron chi connectivity index (χ4n) is 5.41. The third kappa shape index (κ3) is 3.83. The molecular formula is C33H27N3O. The molecule has 180 valence electrons. The summed E-state index contributed by atoms with van der Waals surface area (Å²) in [5.41, 5.74) is 5.64. The molecule has 0 spiro atoms. The Morgan fingerprint density at radius 1 is 0.676 bits per heavy atom. The zero-order valence-electron chi connectivity index (χ0n) is 20.6. The molecule has 0 radical (unpaired) electrons. The average molecular weight is 482 g/mol. The Labute approximate surface area is 216 Å². The van der Waals surface area contributed by atoms with E-state index >= 15 is 0 Å².